The number of rotatable bonds is 5. The summed E-state index contributed by atoms with van der Waals surface area (Å²) in [4.78, 5) is 0. The Morgan fingerprint density at radius 1 is 1.08 bits per heavy atom. The van der Waals surface area contributed by atoms with Gasteiger partial charge < -0.3 is 5.32 Å². The van der Waals surface area contributed by atoms with Crippen molar-refractivity contribution in [2.45, 2.75) is 37.0 Å². The first kappa shape index (κ1) is 14.2. The number of anilines is 1. The summed E-state index contributed by atoms with van der Waals surface area (Å²) in [6.07, 6.45) is 4.78. The van der Waals surface area contributed by atoms with Gasteiger partial charge in [-0.15, -0.1) is 15.3 Å². The molecule has 122 valence electrons. The molecule has 0 unspecified atom stereocenters. The number of aromatic nitrogens is 4. The topological polar surface area (TPSA) is 55.1 Å². The van der Waals surface area contributed by atoms with E-state index in [0.717, 1.165) is 28.9 Å². The van der Waals surface area contributed by atoms with Crippen molar-refractivity contribution in [2.75, 3.05) is 11.9 Å². The molecule has 3 aromatic rings. The molecule has 6 heteroatoms. The highest BCUT2D eigenvalue weighted by molar-refractivity contribution is 6.30. The van der Waals surface area contributed by atoms with Crippen molar-refractivity contribution < 1.29 is 0 Å². The Hall–Kier alpha value is -2.14. The van der Waals surface area contributed by atoms with Crippen LogP contribution in [0.5, 0.6) is 0 Å². The lowest BCUT2D eigenvalue weighted by Crippen LogP contribution is -2.20. The Labute approximate surface area is 145 Å². The van der Waals surface area contributed by atoms with Gasteiger partial charge in [0.1, 0.15) is 5.82 Å². The Morgan fingerprint density at radius 2 is 1.88 bits per heavy atom. The second-order valence-corrected chi connectivity index (χ2v) is 7.40. The molecule has 5 nitrogen and oxygen atoms in total. The van der Waals surface area contributed by atoms with Gasteiger partial charge in [0.2, 0.25) is 0 Å². The summed E-state index contributed by atoms with van der Waals surface area (Å²) in [5.41, 5.74) is 2.39. The first-order chi connectivity index (χ1) is 11.7. The highest BCUT2D eigenvalue weighted by Gasteiger charge is 2.44. The van der Waals surface area contributed by atoms with Crippen LogP contribution in [0.1, 0.15) is 43.0 Å². The van der Waals surface area contributed by atoms with Crippen LogP contribution in [0.15, 0.2) is 36.4 Å². The van der Waals surface area contributed by atoms with Gasteiger partial charge in [0.25, 0.3) is 0 Å². The number of hydrogen-bond acceptors (Lipinski definition) is 4. The molecule has 2 aliphatic rings. The molecular formula is C18H18ClN5. The molecule has 0 radical (unpaired) electrons. The Balaban J connectivity index is 1.37. The molecule has 2 fully saturated rings. The predicted octanol–water partition coefficient (Wildman–Crippen LogP) is 3.80. The van der Waals surface area contributed by atoms with Crippen LogP contribution in [0.3, 0.4) is 0 Å². The minimum absolute atomic E-state index is 0.216. The molecule has 2 heterocycles. The zero-order valence-electron chi connectivity index (χ0n) is 13.2. The van der Waals surface area contributed by atoms with Crippen LogP contribution in [0, 0.1) is 0 Å². The van der Waals surface area contributed by atoms with Crippen molar-refractivity contribution in [3.05, 3.63) is 52.8 Å². The number of fused-ring (bicyclic) bond motifs is 1. The molecule has 0 spiro atoms. The van der Waals surface area contributed by atoms with Crippen molar-refractivity contribution in [3.63, 3.8) is 0 Å². The molecular weight excluding hydrogens is 322 g/mol. The monoisotopic (exact) mass is 339 g/mol. The summed E-state index contributed by atoms with van der Waals surface area (Å²) in [5.74, 6) is 2.41. The van der Waals surface area contributed by atoms with Crippen LogP contribution in [0.4, 0.5) is 5.82 Å². The van der Waals surface area contributed by atoms with E-state index in [9.17, 15) is 0 Å². The number of benzene rings is 1. The average Bonchev–Trinajstić information content (AvgIpc) is 3.53. The van der Waals surface area contributed by atoms with Gasteiger partial charge in [-0.25, -0.2) is 0 Å². The minimum Gasteiger partial charge on any atom is -0.368 e. The molecule has 2 saturated carbocycles. The fourth-order valence-electron chi connectivity index (χ4n) is 3.28. The SMILES string of the molecule is Clc1ccc(C2(CNc3ccc4nnc(C5CC5)n4n3)CC2)cc1. The van der Waals surface area contributed by atoms with Crippen LogP contribution in [-0.2, 0) is 5.41 Å². The fraction of sp³-hybridized carbons (Fsp3) is 0.389. The van der Waals surface area contributed by atoms with Crippen LogP contribution >= 0.6 is 11.6 Å². The Bertz CT molecular complexity index is 893. The van der Waals surface area contributed by atoms with E-state index in [4.69, 9.17) is 16.7 Å². The normalized spacial score (nSPS) is 18.7. The van der Waals surface area contributed by atoms with E-state index in [0.29, 0.717) is 5.92 Å². The van der Waals surface area contributed by atoms with Crippen LogP contribution in [0.25, 0.3) is 5.65 Å². The Kier molecular flexibility index (Phi) is 3.07. The van der Waals surface area contributed by atoms with Crippen molar-refractivity contribution in [3.8, 4) is 0 Å². The molecule has 1 aromatic carbocycles. The molecule has 0 aliphatic heterocycles. The zero-order valence-corrected chi connectivity index (χ0v) is 14.0. The molecule has 24 heavy (non-hydrogen) atoms. The van der Waals surface area contributed by atoms with Gasteiger partial charge in [0.15, 0.2) is 11.5 Å². The lowest BCUT2D eigenvalue weighted by molar-refractivity contribution is 0.724. The average molecular weight is 340 g/mol. The van der Waals surface area contributed by atoms with Gasteiger partial charge >= 0.3 is 0 Å². The smallest absolute Gasteiger partial charge is 0.178 e. The van der Waals surface area contributed by atoms with Gasteiger partial charge in [0.05, 0.1) is 0 Å². The van der Waals surface area contributed by atoms with Gasteiger partial charge in [0, 0.05) is 22.9 Å². The third-order valence-electron chi connectivity index (χ3n) is 5.15. The molecule has 5 rings (SSSR count). The first-order valence-electron chi connectivity index (χ1n) is 8.46. The number of nitrogens with zero attached hydrogens (tertiary/aromatic N) is 4. The van der Waals surface area contributed by atoms with Crippen LogP contribution in [0.2, 0.25) is 5.02 Å². The highest BCUT2D eigenvalue weighted by atomic mass is 35.5. The maximum Gasteiger partial charge on any atom is 0.178 e. The summed E-state index contributed by atoms with van der Waals surface area (Å²) < 4.78 is 1.89. The Morgan fingerprint density at radius 3 is 2.58 bits per heavy atom. The van der Waals surface area contributed by atoms with E-state index in [-0.39, 0.29) is 5.41 Å². The maximum atomic E-state index is 6.01. The van der Waals surface area contributed by atoms with Gasteiger partial charge in [-0.05, 0) is 55.5 Å². The molecule has 1 N–H and O–H groups in total. The fourth-order valence-corrected chi connectivity index (χ4v) is 3.40. The van der Waals surface area contributed by atoms with Crippen LogP contribution < -0.4 is 5.32 Å². The van der Waals surface area contributed by atoms with Crippen molar-refractivity contribution in [1.82, 2.24) is 19.8 Å². The summed E-state index contributed by atoms with van der Waals surface area (Å²) in [5, 5.41) is 17.5. The minimum atomic E-state index is 0.216. The molecule has 0 saturated heterocycles. The van der Waals surface area contributed by atoms with E-state index in [2.05, 4.69) is 27.6 Å². The van der Waals surface area contributed by atoms with Crippen molar-refractivity contribution in [1.29, 1.82) is 0 Å². The number of hydrogen-bond donors (Lipinski definition) is 1. The van der Waals surface area contributed by atoms with Gasteiger partial charge in [-0.3, -0.25) is 0 Å². The summed E-state index contributed by atoms with van der Waals surface area (Å²) in [6, 6.07) is 12.2. The lowest BCUT2D eigenvalue weighted by Gasteiger charge is -2.17. The number of halogens is 1. The zero-order chi connectivity index (χ0) is 16.1. The molecule has 2 aliphatic carbocycles. The highest BCUT2D eigenvalue weighted by Crippen LogP contribution is 2.48. The van der Waals surface area contributed by atoms with E-state index in [1.54, 1.807) is 0 Å². The molecule has 0 amide bonds. The third kappa shape index (κ3) is 2.44. The van der Waals surface area contributed by atoms with Gasteiger partial charge in [-0.1, -0.05) is 23.7 Å². The first-order valence-corrected chi connectivity index (χ1v) is 8.84. The molecule has 2 aromatic heterocycles. The maximum absolute atomic E-state index is 6.01. The standard InChI is InChI=1S/C18H18ClN5/c19-14-5-3-13(4-6-14)18(9-10-18)11-20-15-7-8-16-21-22-17(12-1-2-12)24(16)23-15/h3-8,12H,1-2,9-11H2,(H,20,23). The largest absolute Gasteiger partial charge is 0.368 e. The second-order valence-electron chi connectivity index (χ2n) is 6.96. The lowest BCUT2D eigenvalue weighted by atomic mass is 9.96. The van der Waals surface area contributed by atoms with E-state index in [1.165, 1.54) is 31.2 Å². The van der Waals surface area contributed by atoms with E-state index >= 15 is 0 Å². The van der Waals surface area contributed by atoms with Crippen molar-refractivity contribution in [2.24, 2.45) is 0 Å². The number of nitrogens with one attached hydrogen (secondary N) is 1. The van der Waals surface area contributed by atoms with E-state index < -0.39 is 0 Å². The predicted molar refractivity (Wildman–Crippen MR) is 93.6 cm³/mol. The van der Waals surface area contributed by atoms with Crippen molar-refractivity contribution >= 4 is 23.1 Å². The molecule has 0 bridgehead atoms. The summed E-state index contributed by atoms with van der Waals surface area (Å²) in [7, 11) is 0. The van der Waals surface area contributed by atoms with E-state index in [1.807, 2.05) is 28.8 Å². The van der Waals surface area contributed by atoms with Gasteiger partial charge in [-0.2, -0.15) is 4.52 Å². The quantitative estimate of drug-likeness (QED) is 0.768. The second kappa shape index (κ2) is 5.18. The van der Waals surface area contributed by atoms with Crippen LogP contribution in [-0.4, -0.2) is 26.4 Å². The summed E-state index contributed by atoms with van der Waals surface area (Å²) in [6.45, 7) is 0.883. The third-order valence-corrected chi connectivity index (χ3v) is 5.40. The molecule has 0 atom stereocenters. The summed E-state index contributed by atoms with van der Waals surface area (Å²) >= 11 is 6.01.